The molecular formula is C15H14FN3O. The average Bonchev–Trinajstić information content (AvgIpc) is 2.76. The van der Waals surface area contributed by atoms with E-state index < -0.39 is 0 Å². The third-order valence-electron chi connectivity index (χ3n) is 3.24. The van der Waals surface area contributed by atoms with Gasteiger partial charge in [0.05, 0.1) is 24.7 Å². The Morgan fingerprint density at radius 3 is 2.65 bits per heavy atom. The molecule has 5 heteroatoms. The molecule has 0 aliphatic carbocycles. The summed E-state index contributed by atoms with van der Waals surface area (Å²) in [4.78, 5) is 4.32. The summed E-state index contributed by atoms with van der Waals surface area (Å²) in [7, 11) is 1.61. The van der Waals surface area contributed by atoms with E-state index in [0.29, 0.717) is 12.5 Å². The summed E-state index contributed by atoms with van der Waals surface area (Å²) in [6.07, 6.45) is 0. The van der Waals surface area contributed by atoms with Crippen LogP contribution < -0.4 is 10.5 Å². The van der Waals surface area contributed by atoms with Crippen LogP contribution in [0.1, 0.15) is 5.56 Å². The highest BCUT2D eigenvalue weighted by atomic mass is 19.1. The van der Waals surface area contributed by atoms with Gasteiger partial charge < -0.3 is 15.0 Å². The van der Waals surface area contributed by atoms with E-state index in [1.54, 1.807) is 19.2 Å². The van der Waals surface area contributed by atoms with E-state index in [9.17, 15) is 4.39 Å². The van der Waals surface area contributed by atoms with E-state index in [-0.39, 0.29) is 5.82 Å². The fraction of sp³-hybridized carbons (Fsp3) is 0.133. The molecule has 0 atom stereocenters. The fourth-order valence-electron chi connectivity index (χ4n) is 2.19. The van der Waals surface area contributed by atoms with Crippen LogP contribution in [0.5, 0.6) is 5.75 Å². The number of hydrogen-bond acceptors (Lipinski definition) is 3. The lowest BCUT2D eigenvalue weighted by Gasteiger charge is -2.07. The lowest BCUT2D eigenvalue weighted by atomic mass is 10.2. The molecule has 3 aromatic rings. The van der Waals surface area contributed by atoms with E-state index >= 15 is 0 Å². The fourth-order valence-corrected chi connectivity index (χ4v) is 2.19. The summed E-state index contributed by atoms with van der Waals surface area (Å²) in [5.74, 6) is 0.920. The van der Waals surface area contributed by atoms with Gasteiger partial charge in [-0.25, -0.2) is 9.37 Å². The Bertz CT molecular complexity index is 750. The predicted molar refractivity (Wildman–Crippen MR) is 76.2 cm³/mol. The molecule has 0 amide bonds. The Morgan fingerprint density at radius 2 is 1.95 bits per heavy atom. The molecule has 4 nitrogen and oxygen atoms in total. The number of nitrogen functional groups attached to an aromatic ring is 1. The summed E-state index contributed by atoms with van der Waals surface area (Å²) in [6.45, 7) is 0.551. The Morgan fingerprint density at radius 1 is 1.20 bits per heavy atom. The molecule has 0 radical (unpaired) electrons. The third-order valence-corrected chi connectivity index (χ3v) is 3.24. The summed E-state index contributed by atoms with van der Waals surface area (Å²) in [6, 6.07) is 12.0. The molecule has 0 aliphatic heterocycles. The van der Waals surface area contributed by atoms with E-state index in [1.165, 1.54) is 12.1 Å². The third kappa shape index (κ3) is 2.18. The topological polar surface area (TPSA) is 53.1 Å². The molecule has 1 aromatic heterocycles. The molecule has 0 fully saturated rings. The summed E-state index contributed by atoms with van der Waals surface area (Å²) in [5.41, 5.74) is 8.63. The van der Waals surface area contributed by atoms with Crippen molar-refractivity contribution in [3.63, 3.8) is 0 Å². The number of methoxy groups -OCH3 is 1. The summed E-state index contributed by atoms with van der Waals surface area (Å²) < 4.78 is 20.0. The second-order valence-electron chi connectivity index (χ2n) is 4.54. The molecule has 0 saturated heterocycles. The van der Waals surface area contributed by atoms with E-state index in [0.717, 1.165) is 22.3 Å². The highest BCUT2D eigenvalue weighted by Crippen LogP contribution is 2.23. The first kappa shape index (κ1) is 12.5. The monoisotopic (exact) mass is 271 g/mol. The van der Waals surface area contributed by atoms with Crippen LogP contribution in [0.15, 0.2) is 42.5 Å². The second kappa shape index (κ2) is 4.85. The number of anilines is 1. The molecular weight excluding hydrogens is 257 g/mol. The molecule has 0 spiro atoms. The van der Waals surface area contributed by atoms with Gasteiger partial charge in [-0.05, 0) is 29.8 Å². The zero-order valence-electron chi connectivity index (χ0n) is 11.0. The first-order chi connectivity index (χ1) is 9.67. The normalized spacial score (nSPS) is 10.9. The van der Waals surface area contributed by atoms with E-state index in [2.05, 4.69) is 4.98 Å². The number of nitrogens with zero attached hydrogens (tertiary/aromatic N) is 2. The average molecular weight is 271 g/mol. The van der Waals surface area contributed by atoms with Gasteiger partial charge in [-0.1, -0.05) is 12.1 Å². The molecule has 0 saturated carbocycles. The minimum absolute atomic E-state index is 0.248. The van der Waals surface area contributed by atoms with Crippen LogP contribution >= 0.6 is 0 Å². The SMILES string of the molecule is COc1ccc2c(c1)nc(N)n2Cc1ccc(F)cc1. The smallest absolute Gasteiger partial charge is 0.201 e. The van der Waals surface area contributed by atoms with Gasteiger partial charge >= 0.3 is 0 Å². The molecule has 2 aromatic carbocycles. The first-order valence-corrected chi connectivity index (χ1v) is 6.21. The van der Waals surface area contributed by atoms with Gasteiger partial charge in [0.2, 0.25) is 5.95 Å². The van der Waals surface area contributed by atoms with Crippen molar-refractivity contribution in [3.8, 4) is 5.75 Å². The summed E-state index contributed by atoms with van der Waals surface area (Å²) in [5, 5.41) is 0. The molecule has 1 heterocycles. The molecule has 2 N–H and O–H groups in total. The zero-order chi connectivity index (χ0) is 14.1. The number of rotatable bonds is 3. The van der Waals surface area contributed by atoms with Crippen LogP contribution in [0.4, 0.5) is 10.3 Å². The van der Waals surface area contributed by atoms with Gasteiger partial charge in [0.1, 0.15) is 11.6 Å². The molecule has 0 aliphatic rings. The van der Waals surface area contributed by atoms with Gasteiger partial charge in [-0.2, -0.15) is 0 Å². The van der Waals surface area contributed by atoms with Crippen molar-refractivity contribution in [2.45, 2.75) is 6.54 Å². The Kier molecular flexibility index (Phi) is 3.02. The van der Waals surface area contributed by atoms with Crippen molar-refractivity contribution in [2.24, 2.45) is 0 Å². The number of hydrogen-bond donors (Lipinski definition) is 1. The highest BCUT2D eigenvalue weighted by Gasteiger charge is 2.09. The van der Waals surface area contributed by atoms with Crippen LogP contribution in [0, 0.1) is 5.82 Å². The van der Waals surface area contributed by atoms with Crippen LogP contribution in [0.25, 0.3) is 11.0 Å². The van der Waals surface area contributed by atoms with Crippen molar-refractivity contribution in [1.29, 1.82) is 0 Å². The van der Waals surface area contributed by atoms with Gasteiger partial charge in [0.15, 0.2) is 0 Å². The maximum Gasteiger partial charge on any atom is 0.201 e. The molecule has 0 unspecified atom stereocenters. The highest BCUT2D eigenvalue weighted by molar-refractivity contribution is 5.80. The van der Waals surface area contributed by atoms with Crippen LogP contribution in [0.2, 0.25) is 0 Å². The Balaban J connectivity index is 2.02. The van der Waals surface area contributed by atoms with Gasteiger partial charge in [-0.3, -0.25) is 0 Å². The van der Waals surface area contributed by atoms with Crippen LogP contribution in [-0.4, -0.2) is 16.7 Å². The maximum absolute atomic E-state index is 12.9. The van der Waals surface area contributed by atoms with Crippen molar-refractivity contribution >= 4 is 17.0 Å². The van der Waals surface area contributed by atoms with Crippen LogP contribution in [0.3, 0.4) is 0 Å². The first-order valence-electron chi connectivity index (χ1n) is 6.21. The molecule has 20 heavy (non-hydrogen) atoms. The maximum atomic E-state index is 12.9. The number of aromatic nitrogens is 2. The number of imidazole rings is 1. The van der Waals surface area contributed by atoms with Crippen molar-refractivity contribution in [3.05, 3.63) is 53.8 Å². The minimum Gasteiger partial charge on any atom is -0.497 e. The number of halogens is 1. The lowest BCUT2D eigenvalue weighted by molar-refractivity contribution is 0.415. The second-order valence-corrected chi connectivity index (χ2v) is 4.54. The number of benzene rings is 2. The van der Waals surface area contributed by atoms with E-state index in [4.69, 9.17) is 10.5 Å². The van der Waals surface area contributed by atoms with E-state index in [1.807, 2.05) is 22.8 Å². The lowest BCUT2D eigenvalue weighted by Crippen LogP contribution is -2.04. The molecule has 0 bridgehead atoms. The van der Waals surface area contributed by atoms with Gasteiger partial charge in [-0.15, -0.1) is 0 Å². The van der Waals surface area contributed by atoms with Gasteiger partial charge in [0.25, 0.3) is 0 Å². The Labute approximate surface area is 115 Å². The van der Waals surface area contributed by atoms with Crippen molar-refractivity contribution < 1.29 is 9.13 Å². The standard InChI is InChI=1S/C15H14FN3O/c1-20-12-6-7-14-13(8-12)18-15(17)19(14)9-10-2-4-11(16)5-3-10/h2-8H,9H2,1H3,(H2,17,18). The Hall–Kier alpha value is -2.56. The predicted octanol–water partition coefficient (Wildman–Crippen LogP) is 2.81. The number of ether oxygens (including phenoxy) is 1. The van der Waals surface area contributed by atoms with Crippen LogP contribution in [-0.2, 0) is 6.54 Å². The van der Waals surface area contributed by atoms with Crippen molar-refractivity contribution in [2.75, 3.05) is 12.8 Å². The quantitative estimate of drug-likeness (QED) is 0.797. The largest absolute Gasteiger partial charge is 0.497 e. The number of nitrogens with two attached hydrogens (primary N) is 1. The number of fused-ring (bicyclic) bond motifs is 1. The van der Waals surface area contributed by atoms with Gasteiger partial charge in [0, 0.05) is 6.07 Å². The summed E-state index contributed by atoms with van der Waals surface area (Å²) >= 11 is 0. The molecule has 102 valence electrons. The molecule has 3 rings (SSSR count). The van der Waals surface area contributed by atoms with Crippen molar-refractivity contribution in [1.82, 2.24) is 9.55 Å². The zero-order valence-corrected chi connectivity index (χ0v) is 11.0. The minimum atomic E-state index is -0.248.